The number of benzene rings is 3. The molecule has 8 heteroatoms. The number of hydrogen-bond donors (Lipinski definition) is 3. The molecule has 1 heterocycles. The van der Waals surface area contributed by atoms with E-state index in [0.717, 1.165) is 41.6 Å². The highest BCUT2D eigenvalue weighted by Crippen LogP contribution is 2.29. The van der Waals surface area contributed by atoms with Crippen LogP contribution in [0, 0.1) is 5.41 Å². The van der Waals surface area contributed by atoms with Gasteiger partial charge in [0, 0.05) is 23.7 Å². The van der Waals surface area contributed by atoms with Crippen LogP contribution >= 0.6 is 0 Å². The molecule has 0 fully saturated rings. The lowest BCUT2D eigenvalue weighted by Crippen LogP contribution is -2.49. The maximum Gasteiger partial charge on any atom is 0.305 e. The van der Waals surface area contributed by atoms with Crippen LogP contribution in [0.2, 0.25) is 0 Å². The maximum absolute atomic E-state index is 12.9. The van der Waals surface area contributed by atoms with E-state index in [1.165, 1.54) is 0 Å². The second-order valence-corrected chi connectivity index (χ2v) is 11.5. The molecule has 228 valence electrons. The molecule has 0 aliphatic heterocycles. The lowest BCUT2D eigenvalue weighted by molar-refractivity contribution is -0.139. The average Bonchev–Trinajstić information content (AvgIpc) is 3.04. The van der Waals surface area contributed by atoms with E-state index in [-0.39, 0.29) is 5.41 Å². The summed E-state index contributed by atoms with van der Waals surface area (Å²) < 4.78 is 6.11. The molecule has 4 aromatic rings. The Morgan fingerprint density at radius 3 is 2.07 bits per heavy atom. The summed E-state index contributed by atoms with van der Waals surface area (Å²) in [4.78, 5) is 41.5. The Kier molecular flexibility index (Phi) is 11.2. The van der Waals surface area contributed by atoms with Crippen molar-refractivity contribution in [3.63, 3.8) is 0 Å². The lowest BCUT2D eigenvalue weighted by atomic mass is 9.87. The van der Waals surface area contributed by atoms with Crippen molar-refractivity contribution in [1.29, 1.82) is 0 Å². The number of ether oxygens (including phenoxy) is 1. The Hall–Kier alpha value is -4.98. The lowest BCUT2D eigenvalue weighted by Gasteiger charge is -2.26. The molecule has 0 bridgehead atoms. The molecule has 0 spiro atoms. The van der Waals surface area contributed by atoms with E-state index < -0.39 is 30.2 Å². The van der Waals surface area contributed by atoms with E-state index in [2.05, 4.69) is 28.8 Å². The first kappa shape index (κ1) is 31.9. The molecule has 2 amide bonds. The Morgan fingerprint density at radius 2 is 1.43 bits per heavy atom. The van der Waals surface area contributed by atoms with E-state index in [9.17, 15) is 19.5 Å². The highest BCUT2D eigenvalue weighted by atomic mass is 16.5. The molecule has 3 N–H and O–H groups in total. The molecule has 4 rings (SSSR count). The van der Waals surface area contributed by atoms with Gasteiger partial charge in [-0.2, -0.15) is 0 Å². The van der Waals surface area contributed by atoms with Gasteiger partial charge in [0.05, 0.1) is 18.7 Å². The van der Waals surface area contributed by atoms with Crippen LogP contribution < -0.4 is 15.4 Å². The van der Waals surface area contributed by atoms with E-state index in [1.54, 1.807) is 30.3 Å². The molecule has 8 nitrogen and oxygen atoms in total. The van der Waals surface area contributed by atoms with Crippen molar-refractivity contribution >= 4 is 17.8 Å². The van der Waals surface area contributed by atoms with Crippen molar-refractivity contribution in [3.8, 4) is 28.3 Å². The van der Waals surface area contributed by atoms with E-state index >= 15 is 0 Å². The quantitative estimate of drug-likeness (QED) is 0.138. The summed E-state index contributed by atoms with van der Waals surface area (Å²) in [5.74, 6) is -1.62. The number of amides is 2. The van der Waals surface area contributed by atoms with Crippen LogP contribution in [0.25, 0.3) is 22.4 Å². The van der Waals surface area contributed by atoms with Gasteiger partial charge in [-0.3, -0.25) is 14.4 Å². The van der Waals surface area contributed by atoms with Gasteiger partial charge < -0.3 is 20.5 Å². The minimum atomic E-state index is -1.18. The number of carboxylic acids is 1. The first-order chi connectivity index (χ1) is 21.2. The second-order valence-electron chi connectivity index (χ2n) is 11.5. The number of unbranched alkanes of at least 4 members (excludes halogenated alkanes) is 1. The van der Waals surface area contributed by atoms with Crippen LogP contribution in [-0.2, 0) is 9.59 Å². The second kappa shape index (κ2) is 15.5. The van der Waals surface area contributed by atoms with Crippen LogP contribution in [0.4, 0.5) is 0 Å². The summed E-state index contributed by atoms with van der Waals surface area (Å²) in [5.41, 5.74) is 4.10. The summed E-state index contributed by atoms with van der Waals surface area (Å²) in [6.07, 6.45) is 1.96. The van der Waals surface area contributed by atoms with E-state index in [0.29, 0.717) is 24.6 Å². The highest BCUT2D eigenvalue weighted by molar-refractivity contribution is 5.98. The molecule has 0 saturated carbocycles. The molecule has 0 radical (unpaired) electrons. The third-order valence-corrected chi connectivity index (χ3v) is 7.25. The number of hydrogen-bond acceptors (Lipinski definition) is 5. The summed E-state index contributed by atoms with van der Waals surface area (Å²) in [7, 11) is 0. The van der Waals surface area contributed by atoms with Gasteiger partial charge in [-0.25, -0.2) is 4.98 Å². The van der Waals surface area contributed by atoms with Gasteiger partial charge in [0.25, 0.3) is 5.91 Å². The van der Waals surface area contributed by atoms with Crippen molar-refractivity contribution < 1.29 is 24.2 Å². The molecular weight excluding hydrogens is 554 g/mol. The number of carbonyl (C=O) groups excluding carboxylic acids is 2. The van der Waals surface area contributed by atoms with Crippen LogP contribution in [0.3, 0.4) is 0 Å². The third-order valence-electron chi connectivity index (χ3n) is 7.25. The zero-order valence-electron chi connectivity index (χ0n) is 25.2. The fraction of sp³-hybridized carbons (Fsp3) is 0.278. The molecule has 1 aromatic heterocycles. The number of nitrogens with zero attached hydrogens (tertiary/aromatic N) is 1. The number of nitrogens with one attached hydrogen (secondary N) is 2. The minimum Gasteiger partial charge on any atom is -0.481 e. The third kappa shape index (κ3) is 9.80. The minimum absolute atomic E-state index is 0.251. The van der Waals surface area contributed by atoms with Crippen LogP contribution in [0.15, 0.2) is 103 Å². The van der Waals surface area contributed by atoms with Crippen molar-refractivity contribution in [1.82, 2.24) is 15.6 Å². The van der Waals surface area contributed by atoms with Crippen molar-refractivity contribution in [3.05, 3.63) is 109 Å². The van der Waals surface area contributed by atoms with Gasteiger partial charge in [0.15, 0.2) is 0 Å². The molecule has 3 aromatic carbocycles. The summed E-state index contributed by atoms with van der Waals surface area (Å²) in [6, 6.07) is 31.4. The number of carboxylic acid groups (broad SMARTS) is 1. The van der Waals surface area contributed by atoms with E-state index in [1.807, 2.05) is 68.4 Å². The Balaban J connectivity index is 1.28. The Morgan fingerprint density at radius 1 is 0.818 bits per heavy atom. The zero-order valence-corrected chi connectivity index (χ0v) is 25.2. The Labute approximate surface area is 258 Å². The summed E-state index contributed by atoms with van der Waals surface area (Å²) >= 11 is 0. The highest BCUT2D eigenvalue weighted by Gasteiger charge is 2.26. The van der Waals surface area contributed by atoms with Gasteiger partial charge in [0.2, 0.25) is 11.8 Å². The molecule has 0 aliphatic carbocycles. The average molecular weight is 594 g/mol. The normalized spacial score (nSPS) is 11.8. The van der Waals surface area contributed by atoms with Gasteiger partial charge in [-0.1, -0.05) is 92.7 Å². The number of carbonyl (C=O) groups is 3. The monoisotopic (exact) mass is 593 g/mol. The van der Waals surface area contributed by atoms with Gasteiger partial charge in [-0.05, 0) is 54.0 Å². The number of pyridine rings is 1. The van der Waals surface area contributed by atoms with Crippen LogP contribution in [0.5, 0.6) is 5.88 Å². The Bertz CT molecular complexity index is 1470. The molecule has 1 unspecified atom stereocenters. The molecule has 44 heavy (non-hydrogen) atoms. The topological polar surface area (TPSA) is 118 Å². The first-order valence-corrected chi connectivity index (χ1v) is 14.8. The standard InChI is InChI=1S/C36H39N3O5/c1-36(2,25-37-35(43)31(24-33(40)41)39-34(42)28-18-10-5-11-19-28)20-12-13-21-44-32-23-29(26-14-6-3-7-15-26)22-30(38-32)27-16-8-4-9-17-27/h3-11,14-19,22-23,31H,12-13,20-21,24-25H2,1-2H3,(H,37,43)(H,39,42)(H,40,41). The molecule has 0 aliphatic rings. The number of aromatic nitrogens is 1. The number of aliphatic carboxylic acids is 1. The molecule has 0 saturated heterocycles. The summed E-state index contributed by atoms with van der Waals surface area (Å²) in [5, 5.41) is 14.7. The molecule has 1 atom stereocenters. The van der Waals surface area contributed by atoms with Crippen LogP contribution in [0.1, 0.15) is 49.9 Å². The largest absolute Gasteiger partial charge is 0.481 e. The fourth-order valence-corrected chi connectivity index (χ4v) is 4.77. The summed E-state index contributed by atoms with van der Waals surface area (Å²) in [6.45, 7) is 4.92. The predicted molar refractivity (Wildman–Crippen MR) is 171 cm³/mol. The smallest absolute Gasteiger partial charge is 0.305 e. The van der Waals surface area contributed by atoms with Gasteiger partial charge in [0.1, 0.15) is 6.04 Å². The van der Waals surface area contributed by atoms with Crippen molar-refractivity contribution in [2.24, 2.45) is 5.41 Å². The van der Waals surface area contributed by atoms with Crippen molar-refractivity contribution in [2.75, 3.05) is 13.2 Å². The predicted octanol–water partition coefficient (Wildman–Crippen LogP) is 6.38. The van der Waals surface area contributed by atoms with Gasteiger partial charge in [-0.15, -0.1) is 0 Å². The zero-order chi connectivity index (χ0) is 31.4. The van der Waals surface area contributed by atoms with Gasteiger partial charge >= 0.3 is 5.97 Å². The van der Waals surface area contributed by atoms with E-state index in [4.69, 9.17) is 9.72 Å². The molecular formula is C36H39N3O5. The maximum atomic E-state index is 12.9. The van der Waals surface area contributed by atoms with Crippen molar-refractivity contribution in [2.45, 2.75) is 45.6 Å². The fourth-order valence-electron chi connectivity index (χ4n) is 4.77. The first-order valence-electron chi connectivity index (χ1n) is 14.8. The SMILES string of the molecule is CC(C)(CCCCOc1cc(-c2ccccc2)cc(-c2ccccc2)n1)CNC(=O)C(CC(=O)O)NC(=O)c1ccccc1. The number of rotatable bonds is 15. The van der Waals surface area contributed by atoms with Crippen LogP contribution in [-0.4, -0.2) is 47.1 Å².